The van der Waals surface area contributed by atoms with E-state index in [4.69, 9.17) is 0 Å². The molecule has 19 heavy (non-hydrogen) atoms. The number of aromatic nitrogens is 1. The second-order valence-corrected chi connectivity index (χ2v) is 5.31. The summed E-state index contributed by atoms with van der Waals surface area (Å²) in [5, 5.41) is 0.564. The summed E-state index contributed by atoms with van der Waals surface area (Å²) in [4.78, 5) is 35.0. The molecule has 1 aromatic heterocycles. The van der Waals surface area contributed by atoms with Crippen LogP contribution < -0.4 is 10.4 Å². The van der Waals surface area contributed by atoms with Crippen molar-refractivity contribution in [1.82, 2.24) is 4.57 Å². The number of benzene rings is 1. The highest BCUT2D eigenvalue weighted by molar-refractivity contribution is 7.16. The molecule has 0 spiro atoms. The summed E-state index contributed by atoms with van der Waals surface area (Å²) in [5.74, 6) is 0.157. The van der Waals surface area contributed by atoms with Crippen molar-refractivity contribution in [3.05, 3.63) is 44.3 Å². The van der Waals surface area contributed by atoms with Crippen LogP contribution in [0.2, 0.25) is 0 Å². The quantitative estimate of drug-likeness (QED) is 0.841. The van der Waals surface area contributed by atoms with Crippen molar-refractivity contribution >= 4 is 27.2 Å². The van der Waals surface area contributed by atoms with Crippen LogP contribution in [0.15, 0.2) is 33.9 Å². The number of nitrogens with zero attached hydrogens (tertiary/aromatic N) is 1. The molecule has 0 bridgehead atoms. The molecule has 0 radical (unpaired) electrons. The van der Waals surface area contributed by atoms with Gasteiger partial charge in [0.05, 0.1) is 5.39 Å². The van der Waals surface area contributed by atoms with E-state index in [1.54, 1.807) is 18.2 Å². The fourth-order valence-corrected chi connectivity index (χ4v) is 2.80. The molecule has 0 unspecified atom stereocenters. The third kappa shape index (κ3) is 2.98. The molecule has 0 fully saturated rings. The van der Waals surface area contributed by atoms with Crippen LogP contribution in [0.5, 0.6) is 0 Å². The summed E-state index contributed by atoms with van der Waals surface area (Å²) in [5.41, 5.74) is -0.261. The third-order valence-corrected chi connectivity index (χ3v) is 3.98. The first-order valence-electron chi connectivity index (χ1n) is 6.28. The number of carbonyl (C=O) groups excluding carboxylic acids is 1. The number of hydrogen-bond acceptors (Lipinski definition) is 4. The molecule has 1 aromatic carbocycles. The first kappa shape index (κ1) is 13.7. The van der Waals surface area contributed by atoms with E-state index < -0.39 is 0 Å². The maximum Gasteiger partial charge on any atom is 0.310 e. The summed E-state index contributed by atoms with van der Waals surface area (Å²) >= 11 is 1.07. The molecule has 5 heteroatoms. The largest absolute Gasteiger partial charge is 0.310 e. The third-order valence-electron chi connectivity index (χ3n) is 3.01. The van der Waals surface area contributed by atoms with Crippen LogP contribution in [-0.4, -0.2) is 10.4 Å². The van der Waals surface area contributed by atoms with Gasteiger partial charge in [-0.15, -0.1) is 0 Å². The maximum absolute atomic E-state index is 12.2. The number of carbonyl (C=O) groups is 1. The monoisotopic (exact) mass is 277 g/mol. The number of rotatable bonds is 5. The minimum Gasteiger partial charge on any atom is -0.300 e. The number of Topliss-reactive ketones (excluding diaryl/α,β-unsaturated/α-hetero) is 1. The molecule has 0 saturated heterocycles. The lowest BCUT2D eigenvalue weighted by atomic mass is 10.2. The average Bonchev–Trinajstić information content (AvgIpc) is 2.42. The van der Waals surface area contributed by atoms with E-state index in [9.17, 15) is 14.4 Å². The van der Waals surface area contributed by atoms with E-state index in [0.29, 0.717) is 35.9 Å². The molecule has 2 rings (SSSR count). The van der Waals surface area contributed by atoms with Crippen molar-refractivity contribution in [1.29, 1.82) is 0 Å². The Kier molecular flexibility index (Phi) is 4.27. The highest BCUT2D eigenvalue weighted by Gasteiger charge is 2.08. The first-order chi connectivity index (χ1) is 9.13. The SMILES string of the molecule is CCC(=O)CCCn1c(=O)sc2ccccc2c1=O. The molecule has 0 aliphatic heterocycles. The molecule has 100 valence electrons. The van der Waals surface area contributed by atoms with Crippen LogP contribution in [0, 0.1) is 0 Å². The van der Waals surface area contributed by atoms with Crippen molar-refractivity contribution in [2.75, 3.05) is 0 Å². The zero-order valence-corrected chi connectivity index (χ0v) is 11.5. The number of fused-ring (bicyclic) bond motifs is 1. The molecule has 0 N–H and O–H groups in total. The van der Waals surface area contributed by atoms with Gasteiger partial charge in [-0.2, -0.15) is 0 Å². The van der Waals surface area contributed by atoms with E-state index in [1.807, 2.05) is 13.0 Å². The lowest BCUT2D eigenvalue weighted by Gasteiger charge is -2.04. The van der Waals surface area contributed by atoms with Crippen LogP contribution in [0.3, 0.4) is 0 Å². The smallest absolute Gasteiger partial charge is 0.300 e. The minimum absolute atomic E-state index is 0.157. The van der Waals surface area contributed by atoms with E-state index in [0.717, 1.165) is 11.3 Å². The van der Waals surface area contributed by atoms with Crippen LogP contribution >= 0.6 is 11.3 Å². The Balaban J connectivity index is 2.31. The highest BCUT2D eigenvalue weighted by atomic mass is 32.1. The van der Waals surface area contributed by atoms with Gasteiger partial charge in [-0.05, 0) is 18.6 Å². The molecular weight excluding hydrogens is 262 g/mol. The standard InChI is InChI=1S/C14H15NO3S/c1-2-10(16)6-5-9-15-13(17)11-7-3-4-8-12(11)19-14(15)18/h3-4,7-8H,2,5-6,9H2,1H3. The van der Waals surface area contributed by atoms with Gasteiger partial charge in [-0.1, -0.05) is 30.4 Å². The van der Waals surface area contributed by atoms with Crippen molar-refractivity contribution in [3.63, 3.8) is 0 Å². The molecule has 0 aliphatic carbocycles. The highest BCUT2D eigenvalue weighted by Crippen LogP contribution is 2.11. The van der Waals surface area contributed by atoms with Crippen molar-refractivity contribution in [3.8, 4) is 0 Å². The lowest BCUT2D eigenvalue weighted by Crippen LogP contribution is -2.31. The van der Waals surface area contributed by atoms with Gasteiger partial charge in [0.1, 0.15) is 5.78 Å². The Hall–Kier alpha value is -1.75. The zero-order chi connectivity index (χ0) is 13.8. The number of hydrogen-bond donors (Lipinski definition) is 0. The second kappa shape index (κ2) is 5.93. The van der Waals surface area contributed by atoms with Crippen LogP contribution in [-0.2, 0) is 11.3 Å². The normalized spacial score (nSPS) is 10.8. The molecule has 0 saturated carbocycles. The van der Waals surface area contributed by atoms with Gasteiger partial charge >= 0.3 is 4.87 Å². The topological polar surface area (TPSA) is 56.1 Å². The van der Waals surface area contributed by atoms with Crippen molar-refractivity contribution in [2.24, 2.45) is 0 Å². The summed E-state index contributed by atoms with van der Waals surface area (Å²) in [7, 11) is 0. The molecule has 0 aliphatic rings. The predicted molar refractivity (Wildman–Crippen MR) is 76.9 cm³/mol. The molecular formula is C14H15NO3S. The van der Waals surface area contributed by atoms with Crippen molar-refractivity contribution < 1.29 is 4.79 Å². The Labute approximate surface area is 114 Å². The summed E-state index contributed by atoms with van der Waals surface area (Å²) in [6, 6.07) is 7.09. The van der Waals surface area contributed by atoms with Crippen LogP contribution in [0.25, 0.3) is 10.1 Å². The van der Waals surface area contributed by atoms with E-state index >= 15 is 0 Å². The van der Waals surface area contributed by atoms with Gasteiger partial charge in [0.2, 0.25) is 0 Å². The lowest BCUT2D eigenvalue weighted by molar-refractivity contribution is -0.118. The van der Waals surface area contributed by atoms with E-state index in [-0.39, 0.29) is 16.2 Å². The first-order valence-corrected chi connectivity index (χ1v) is 7.09. The number of ketones is 1. The maximum atomic E-state index is 12.2. The summed E-state index contributed by atoms with van der Waals surface area (Å²) in [6.45, 7) is 2.12. The minimum atomic E-state index is -0.261. The molecule has 1 heterocycles. The fraction of sp³-hybridized carbons (Fsp3) is 0.357. The van der Waals surface area contributed by atoms with Gasteiger partial charge in [-0.25, -0.2) is 0 Å². The van der Waals surface area contributed by atoms with Crippen LogP contribution in [0.4, 0.5) is 0 Å². The van der Waals surface area contributed by atoms with Gasteiger partial charge in [0.15, 0.2) is 0 Å². The fourth-order valence-electron chi connectivity index (χ4n) is 1.91. The Bertz CT molecular complexity index is 714. The van der Waals surface area contributed by atoms with Crippen LogP contribution in [0.1, 0.15) is 26.2 Å². The zero-order valence-electron chi connectivity index (χ0n) is 10.7. The molecule has 0 atom stereocenters. The van der Waals surface area contributed by atoms with Gasteiger partial charge in [0.25, 0.3) is 5.56 Å². The van der Waals surface area contributed by atoms with E-state index in [1.165, 1.54) is 4.57 Å². The Morgan fingerprint density at radius 3 is 2.74 bits per heavy atom. The second-order valence-electron chi connectivity index (χ2n) is 4.32. The predicted octanol–water partition coefficient (Wildman–Crippen LogP) is 2.18. The molecule has 0 amide bonds. The summed E-state index contributed by atoms with van der Waals surface area (Å²) in [6.07, 6.45) is 1.45. The van der Waals surface area contributed by atoms with Gasteiger partial charge in [0, 0.05) is 24.1 Å². The van der Waals surface area contributed by atoms with Gasteiger partial charge < -0.3 is 0 Å². The summed E-state index contributed by atoms with van der Waals surface area (Å²) < 4.78 is 1.94. The average molecular weight is 277 g/mol. The molecule has 4 nitrogen and oxygen atoms in total. The van der Waals surface area contributed by atoms with Gasteiger partial charge in [-0.3, -0.25) is 19.0 Å². The van der Waals surface area contributed by atoms with Crippen molar-refractivity contribution in [2.45, 2.75) is 32.7 Å². The molecule has 2 aromatic rings. The Morgan fingerprint density at radius 2 is 2.00 bits per heavy atom. The Morgan fingerprint density at radius 1 is 1.26 bits per heavy atom. The van der Waals surface area contributed by atoms with E-state index in [2.05, 4.69) is 0 Å².